The predicted molar refractivity (Wildman–Crippen MR) is 90.8 cm³/mol. The summed E-state index contributed by atoms with van der Waals surface area (Å²) in [6.45, 7) is 7.65. The van der Waals surface area contributed by atoms with Gasteiger partial charge in [-0.15, -0.1) is 0 Å². The van der Waals surface area contributed by atoms with Crippen molar-refractivity contribution < 1.29 is 4.74 Å². The van der Waals surface area contributed by atoms with Crippen LogP contribution in [0.25, 0.3) is 0 Å². The molecule has 1 unspecified atom stereocenters. The summed E-state index contributed by atoms with van der Waals surface area (Å²) in [5, 5.41) is 4.40. The molecule has 2 nitrogen and oxygen atoms in total. The lowest BCUT2D eigenvalue weighted by Crippen LogP contribution is -2.29. The Morgan fingerprint density at radius 3 is 2.40 bits per heavy atom. The molecule has 0 spiro atoms. The van der Waals surface area contributed by atoms with Crippen LogP contribution in [0.15, 0.2) is 16.6 Å². The van der Waals surface area contributed by atoms with Crippen LogP contribution in [0.4, 0.5) is 0 Å². The zero-order valence-corrected chi connectivity index (χ0v) is 15.1. The summed E-state index contributed by atoms with van der Waals surface area (Å²) in [6.07, 6.45) is 3.37. The van der Waals surface area contributed by atoms with Crippen LogP contribution in [0.1, 0.15) is 51.6 Å². The van der Waals surface area contributed by atoms with E-state index in [1.165, 1.54) is 0 Å². The Bertz CT molecular complexity index is 421. The normalized spacial score (nSPS) is 12.8. The van der Waals surface area contributed by atoms with E-state index in [0.29, 0.717) is 5.92 Å². The van der Waals surface area contributed by atoms with Gasteiger partial charge in [0.2, 0.25) is 0 Å². The molecule has 0 aromatic heterocycles. The minimum atomic E-state index is 0.273. The number of hydrogen-bond donors (Lipinski definition) is 1. The number of hydrogen-bond acceptors (Lipinski definition) is 2. The van der Waals surface area contributed by atoms with E-state index in [-0.39, 0.29) is 6.04 Å². The van der Waals surface area contributed by atoms with E-state index in [4.69, 9.17) is 16.3 Å². The Morgan fingerprint density at radius 2 is 1.90 bits per heavy atom. The standard InChI is InChI=1S/C16H25BrClNO/c1-5-8-19-15(11(6-2)7-3)13-9-12(18)10-14(17)16(13)20-4/h9-11,15,19H,5-8H2,1-4H3. The van der Waals surface area contributed by atoms with Crippen LogP contribution in [-0.2, 0) is 0 Å². The molecule has 1 N–H and O–H groups in total. The third kappa shape index (κ3) is 4.37. The molecular formula is C16H25BrClNO. The number of halogens is 2. The molecule has 1 atom stereocenters. The van der Waals surface area contributed by atoms with Crippen LogP contribution in [0.5, 0.6) is 5.75 Å². The third-order valence-electron chi connectivity index (χ3n) is 3.71. The van der Waals surface area contributed by atoms with Crippen molar-refractivity contribution in [3.05, 3.63) is 27.2 Å². The summed E-state index contributed by atoms with van der Waals surface area (Å²) >= 11 is 9.79. The average molecular weight is 363 g/mol. The quantitative estimate of drug-likeness (QED) is 0.651. The second-order valence-corrected chi connectivity index (χ2v) is 6.31. The third-order valence-corrected chi connectivity index (χ3v) is 4.52. The van der Waals surface area contributed by atoms with Gasteiger partial charge in [-0.2, -0.15) is 0 Å². The van der Waals surface area contributed by atoms with Crippen molar-refractivity contribution in [1.82, 2.24) is 5.32 Å². The van der Waals surface area contributed by atoms with Crippen molar-refractivity contribution in [3.8, 4) is 5.75 Å². The Hall–Kier alpha value is -0.250. The number of benzene rings is 1. The molecule has 0 bridgehead atoms. The fraction of sp³-hybridized carbons (Fsp3) is 0.625. The lowest BCUT2D eigenvalue weighted by Gasteiger charge is -2.29. The zero-order valence-electron chi connectivity index (χ0n) is 12.8. The molecule has 0 heterocycles. The second kappa shape index (κ2) is 8.91. The smallest absolute Gasteiger partial charge is 0.137 e. The van der Waals surface area contributed by atoms with Crippen molar-refractivity contribution in [2.75, 3.05) is 13.7 Å². The first-order valence-corrected chi connectivity index (χ1v) is 8.52. The second-order valence-electron chi connectivity index (χ2n) is 5.02. The van der Waals surface area contributed by atoms with Crippen LogP contribution in [0, 0.1) is 5.92 Å². The van der Waals surface area contributed by atoms with Gasteiger partial charge in [-0.25, -0.2) is 0 Å². The Labute approximate surface area is 136 Å². The summed E-state index contributed by atoms with van der Waals surface area (Å²) in [7, 11) is 1.71. The highest BCUT2D eigenvalue weighted by Gasteiger charge is 2.24. The van der Waals surface area contributed by atoms with Gasteiger partial charge in [0.05, 0.1) is 11.6 Å². The zero-order chi connectivity index (χ0) is 15.1. The highest BCUT2D eigenvalue weighted by Crippen LogP contribution is 2.39. The first kappa shape index (κ1) is 17.8. The minimum absolute atomic E-state index is 0.273. The lowest BCUT2D eigenvalue weighted by atomic mass is 9.88. The van der Waals surface area contributed by atoms with Gasteiger partial charge in [0, 0.05) is 16.6 Å². The SMILES string of the molecule is CCCNC(c1cc(Cl)cc(Br)c1OC)C(CC)CC. The van der Waals surface area contributed by atoms with Crippen LogP contribution in [0.2, 0.25) is 5.02 Å². The molecule has 0 aliphatic heterocycles. The average Bonchev–Trinajstić information content (AvgIpc) is 2.42. The van der Waals surface area contributed by atoms with Gasteiger partial charge in [0.25, 0.3) is 0 Å². The van der Waals surface area contributed by atoms with E-state index in [0.717, 1.165) is 46.6 Å². The summed E-state index contributed by atoms with van der Waals surface area (Å²) in [5.74, 6) is 1.45. The van der Waals surface area contributed by atoms with E-state index < -0.39 is 0 Å². The van der Waals surface area contributed by atoms with Crippen LogP contribution in [-0.4, -0.2) is 13.7 Å². The maximum Gasteiger partial charge on any atom is 0.137 e. The first-order chi connectivity index (χ1) is 9.58. The van der Waals surface area contributed by atoms with Crippen molar-refractivity contribution in [1.29, 1.82) is 0 Å². The molecule has 20 heavy (non-hydrogen) atoms. The molecule has 0 radical (unpaired) electrons. The first-order valence-electron chi connectivity index (χ1n) is 7.35. The number of ether oxygens (including phenoxy) is 1. The van der Waals surface area contributed by atoms with Crippen LogP contribution < -0.4 is 10.1 Å². The van der Waals surface area contributed by atoms with Crippen molar-refractivity contribution in [2.45, 2.75) is 46.1 Å². The van der Waals surface area contributed by atoms with E-state index in [1.54, 1.807) is 7.11 Å². The van der Waals surface area contributed by atoms with E-state index in [9.17, 15) is 0 Å². The highest BCUT2D eigenvalue weighted by atomic mass is 79.9. The fourth-order valence-corrected chi connectivity index (χ4v) is 3.61. The van der Waals surface area contributed by atoms with Crippen LogP contribution in [0.3, 0.4) is 0 Å². The Morgan fingerprint density at radius 1 is 1.25 bits per heavy atom. The topological polar surface area (TPSA) is 21.3 Å². The molecule has 0 aliphatic rings. The molecule has 0 amide bonds. The molecule has 0 saturated carbocycles. The summed E-state index contributed by atoms with van der Waals surface area (Å²) < 4.78 is 6.50. The molecule has 1 aromatic rings. The maximum atomic E-state index is 6.23. The molecule has 0 saturated heterocycles. The molecular weight excluding hydrogens is 338 g/mol. The van der Waals surface area contributed by atoms with Gasteiger partial charge in [-0.3, -0.25) is 0 Å². The van der Waals surface area contributed by atoms with Gasteiger partial charge in [0.1, 0.15) is 5.75 Å². The Balaban J connectivity index is 3.24. The minimum Gasteiger partial charge on any atom is -0.495 e. The summed E-state index contributed by atoms with van der Waals surface area (Å²) in [4.78, 5) is 0. The molecule has 114 valence electrons. The van der Waals surface area contributed by atoms with Gasteiger partial charge in [-0.1, -0.05) is 45.2 Å². The lowest BCUT2D eigenvalue weighted by molar-refractivity contribution is 0.325. The fourth-order valence-electron chi connectivity index (χ4n) is 2.62. The van der Waals surface area contributed by atoms with E-state index in [2.05, 4.69) is 42.0 Å². The van der Waals surface area contributed by atoms with E-state index in [1.807, 2.05) is 12.1 Å². The maximum absolute atomic E-state index is 6.23. The van der Waals surface area contributed by atoms with E-state index >= 15 is 0 Å². The summed E-state index contributed by atoms with van der Waals surface area (Å²) in [5.41, 5.74) is 1.15. The number of methoxy groups -OCH3 is 1. The Kier molecular flexibility index (Phi) is 7.93. The molecule has 1 aromatic carbocycles. The van der Waals surface area contributed by atoms with Gasteiger partial charge >= 0.3 is 0 Å². The largest absolute Gasteiger partial charge is 0.495 e. The van der Waals surface area contributed by atoms with Crippen molar-refractivity contribution in [3.63, 3.8) is 0 Å². The molecule has 4 heteroatoms. The van der Waals surface area contributed by atoms with Gasteiger partial charge < -0.3 is 10.1 Å². The highest BCUT2D eigenvalue weighted by molar-refractivity contribution is 9.10. The van der Waals surface area contributed by atoms with Gasteiger partial charge in [-0.05, 0) is 46.9 Å². The van der Waals surface area contributed by atoms with Crippen molar-refractivity contribution in [2.24, 2.45) is 5.92 Å². The predicted octanol–water partition coefficient (Wildman–Crippen LogP) is 5.59. The summed E-state index contributed by atoms with van der Waals surface area (Å²) in [6, 6.07) is 4.18. The van der Waals surface area contributed by atoms with Gasteiger partial charge in [0.15, 0.2) is 0 Å². The number of nitrogens with one attached hydrogen (secondary N) is 1. The number of rotatable bonds is 8. The molecule has 1 rings (SSSR count). The molecule has 0 aliphatic carbocycles. The van der Waals surface area contributed by atoms with Crippen LogP contribution >= 0.6 is 27.5 Å². The van der Waals surface area contributed by atoms with Crippen molar-refractivity contribution >= 4 is 27.5 Å². The monoisotopic (exact) mass is 361 g/mol. The molecule has 0 fully saturated rings.